The Morgan fingerprint density at radius 1 is 1.50 bits per heavy atom. The number of amides is 2. The molecule has 0 saturated carbocycles. The van der Waals surface area contributed by atoms with Gasteiger partial charge in [-0.05, 0) is 40.9 Å². The largest absolute Gasteiger partial charge is 0.450 e. The molecule has 1 aromatic carbocycles. The van der Waals surface area contributed by atoms with Gasteiger partial charge in [0.05, 0.1) is 21.5 Å². The normalized spacial score (nSPS) is 23.8. The van der Waals surface area contributed by atoms with E-state index in [-0.39, 0.29) is 18.1 Å². The Hall–Kier alpha value is -1.76. The van der Waals surface area contributed by atoms with Gasteiger partial charge in [-0.3, -0.25) is 4.79 Å². The second kappa shape index (κ2) is 7.01. The molecule has 0 bridgehead atoms. The average molecular weight is 398 g/mol. The molecule has 2 aliphatic rings. The minimum absolute atomic E-state index is 0.0830. The summed E-state index contributed by atoms with van der Waals surface area (Å²) in [4.78, 5) is 27.6. The zero-order chi connectivity index (χ0) is 19.1. The number of carbonyl (C=O) groups is 2. The highest BCUT2D eigenvalue weighted by molar-refractivity contribution is 9.10. The zero-order valence-electron chi connectivity index (χ0n) is 15.7. The molecule has 0 radical (unpaired) electrons. The number of piperidine rings is 1. The molecule has 0 aromatic heterocycles. The highest BCUT2D eigenvalue weighted by Gasteiger charge is 2.44. The second-order valence-electron chi connectivity index (χ2n) is 5.85. The van der Waals surface area contributed by atoms with Crippen LogP contribution in [0.4, 0.5) is 10.5 Å². The number of fused-ring (bicyclic) bond motifs is 3. The van der Waals surface area contributed by atoms with Crippen LogP contribution in [0, 0.1) is 0 Å². The van der Waals surface area contributed by atoms with E-state index < -0.39 is 12.4 Å². The average Bonchev–Trinajstić information content (AvgIpc) is 2.97. The van der Waals surface area contributed by atoms with Crippen molar-refractivity contribution in [2.24, 2.45) is 0 Å². The van der Waals surface area contributed by atoms with Crippen molar-refractivity contribution in [1.82, 2.24) is 10.2 Å². The molecule has 1 aromatic rings. The summed E-state index contributed by atoms with van der Waals surface area (Å²) in [6.45, 7) is 0.793. The molecule has 2 amide bonds. The minimum atomic E-state index is -2.20. The molecule has 2 atom stereocenters. The molecule has 7 heteroatoms. The van der Waals surface area contributed by atoms with Crippen LogP contribution in [0.2, 0.25) is 0 Å². The summed E-state index contributed by atoms with van der Waals surface area (Å²) in [6.07, 6.45) is 0.205. The molecule has 1 fully saturated rings. The maximum absolute atomic E-state index is 12.2. The van der Waals surface area contributed by atoms with E-state index in [1.54, 1.807) is 16.7 Å². The summed E-state index contributed by atoms with van der Waals surface area (Å²) in [5, 5.41) is 2.42. The van der Waals surface area contributed by atoms with Gasteiger partial charge in [0.15, 0.2) is 0 Å². The number of likely N-dealkylation sites (tertiary alicyclic amines) is 1. The van der Waals surface area contributed by atoms with Crippen LogP contribution < -0.4 is 10.2 Å². The topological polar surface area (TPSA) is 61.9 Å². The lowest BCUT2D eigenvalue weighted by Crippen LogP contribution is -2.50. The molecular weight excluding hydrogens is 374 g/mol. The molecule has 1 N–H and O–H groups in total. The van der Waals surface area contributed by atoms with Crippen molar-refractivity contribution in [1.29, 1.82) is 0 Å². The molecular formula is C17H22BrN3O3. The summed E-state index contributed by atoms with van der Waals surface area (Å²) in [5.74, 6) is -0.770. The number of hydrogen-bond acceptors (Lipinski definition) is 4. The van der Waals surface area contributed by atoms with Gasteiger partial charge in [0.2, 0.25) is 5.91 Å². The standard InChI is InChI=1S/C17H22BrN3O3/c1-3-24-17(23)20-8-7-14-12(9-20)11-5-4-6-13(18)16(11)21(14)10-15(22)19-2/h4-6,12,14H,3,7-10H2,1-2H3,(H,19,22)/t12-,14-/m0/s1/i10D2. The Labute approximate surface area is 153 Å². The van der Waals surface area contributed by atoms with Crippen LogP contribution in [-0.4, -0.2) is 56.2 Å². The molecule has 6 nitrogen and oxygen atoms in total. The summed E-state index contributed by atoms with van der Waals surface area (Å²) in [5.41, 5.74) is 1.62. The number of benzene rings is 1. The van der Waals surface area contributed by atoms with Crippen LogP contribution in [0.1, 0.15) is 27.6 Å². The summed E-state index contributed by atoms with van der Waals surface area (Å²) >= 11 is 3.51. The minimum Gasteiger partial charge on any atom is -0.450 e. The number of likely N-dealkylation sites (N-methyl/N-ethyl adjacent to an activating group) is 1. The van der Waals surface area contributed by atoms with Gasteiger partial charge in [0, 0.05) is 36.6 Å². The molecule has 2 aliphatic heterocycles. The molecule has 0 spiro atoms. The third-order valence-corrected chi connectivity index (χ3v) is 5.18. The zero-order valence-corrected chi connectivity index (χ0v) is 15.3. The first-order valence-electron chi connectivity index (χ1n) is 9.04. The van der Waals surface area contributed by atoms with Gasteiger partial charge < -0.3 is 19.9 Å². The predicted octanol–water partition coefficient (Wildman–Crippen LogP) is 2.33. The van der Waals surface area contributed by atoms with Crippen molar-refractivity contribution in [3.05, 3.63) is 28.2 Å². The number of halogens is 1. The van der Waals surface area contributed by atoms with Crippen molar-refractivity contribution in [2.75, 3.05) is 38.1 Å². The van der Waals surface area contributed by atoms with Crippen molar-refractivity contribution < 1.29 is 17.1 Å². The van der Waals surface area contributed by atoms with E-state index >= 15 is 0 Å². The quantitative estimate of drug-likeness (QED) is 0.849. The number of anilines is 1. The number of ether oxygens (including phenoxy) is 1. The number of nitrogens with zero attached hydrogens (tertiary/aromatic N) is 2. The maximum Gasteiger partial charge on any atom is 0.409 e. The fourth-order valence-corrected chi connectivity index (χ4v) is 4.06. The van der Waals surface area contributed by atoms with Crippen LogP contribution in [0.5, 0.6) is 0 Å². The SMILES string of the molecule is [2H]C([2H])(C(=O)NC)N1c2c(Br)cccc2[C@@H]2CN(C(=O)OCC)CC[C@@H]21. The number of para-hydroxylation sites is 1. The second-order valence-corrected chi connectivity index (χ2v) is 6.70. The Morgan fingerprint density at radius 2 is 2.29 bits per heavy atom. The lowest BCUT2D eigenvalue weighted by Gasteiger charge is -2.38. The number of carbonyl (C=O) groups excluding carboxylic acids is 2. The van der Waals surface area contributed by atoms with E-state index in [1.165, 1.54) is 7.05 Å². The van der Waals surface area contributed by atoms with E-state index in [0.717, 1.165) is 10.0 Å². The predicted molar refractivity (Wildman–Crippen MR) is 95.3 cm³/mol. The molecule has 3 rings (SSSR count). The van der Waals surface area contributed by atoms with Crippen LogP contribution in [0.15, 0.2) is 22.7 Å². The number of hydrogen-bond donors (Lipinski definition) is 1. The fraction of sp³-hybridized carbons (Fsp3) is 0.529. The summed E-state index contributed by atoms with van der Waals surface area (Å²) < 4.78 is 22.7. The van der Waals surface area contributed by atoms with Crippen LogP contribution in [-0.2, 0) is 9.53 Å². The maximum atomic E-state index is 12.2. The first kappa shape index (κ1) is 14.6. The molecule has 0 aliphatic carbocycles. The van der Waals surface area contributed by atoms with Gasteiger partial charge in [-0.1, -0.05) is 12.1 Å². The monoisotopic (exact) mass is 397 g/mol. The third kappa shape index (κ3) is 2.97. The van der Waals surface area contributed by atoms with Crippen molar-refractivity contribution >= 4 is 33.6 Å². The third-order valence-electron chi connectivity index (χ3n) is 4.54. The van der Waals surface area contributed by atoms with Gasteiger partial charge in [-0.2, -0.15) is 0 Å². The number of rotatable bonds is 3. The summed E-state index contributed by atoms with van der Waals surface area (Å²) in [6, 6.07) is 5.46. The lowest BCUT2D eigenvalue weighted by atomic mass is 9.89. The Morgan fingerprint density at radius 3 is 3.00 bits per heavy atom. The van der Waals surface area contributed by atoms with Gasteiger partial charge in [-0.25, -0.2) is 4.79 Å². The van der Waals surface area contributed by atoms with Gasteiger partial charge in [-0.15, -0.1) is 0 Å². The van der Waals surface area contributed by atoms with E-state index in [2.05, 4.69) is 21.2 Å². The lowest BCUT2D eigenvalue weighted by molar-refractivity contribution is -0.119. The van der Waals surface area contributed by atoms with Gasteiger partial charge in [0.25, 0.3) is 0 Å². The van der Waals surface area contributed by atoms with E-state index in [4.69, 9.17) is 7.48 Å². The van der Waals surface area contributed by atoms with Crippen LogP contribution in [0.3, 0.4) is 0 Å². The van der Waals surface area contributed by atoms with Crippen LogP contribution >= 0.6 is 15.9 Å². The fourth-order valence-electron chi connectivity index (χ4n) is 3.49. The first-order valence-corrected chi connectivity index (χ1v) is 8.83. The molecule has 1 saturated heterocycles. The highest BCUT2D eigenvalue weighted by atomic mass is 79.9. The van der Waals surface area contributed by atoms with E-state index in [9.17, 15) is 9.59 Å². The van der Waals surface area contributed by atoms with Gasteiger partial charge in [0.1, 0.15) is 0 Å². The molecule has 2 heterocycles. The first-order chi connectivity index (χ1) is 12.3. The highest BCUT2D eigenvalue weighted by Crippen LogP contribution is 2.47. The summed E-state index contributed by atoms with van der Waals surface area (Å²) in [7, 11) is 1.43. The van der Waals surface area contributed by atoms with Crippen molar-refractivity contribution in [2.45, 2.75) is 25.3 Å². The smallest absolute Gasteiger partial charge is 0.409 e. The number of nitrogens with one attached hydrogen (secondary N) is 1. The van der Waals surface area contributed by atoms with Crippen LogP contribution in [0.25, 0.3) is 0 Å². The van der Waals surface area contributed by atoms with E-state index in [1.807, 2.05) is 18.2 Å². The Kier molecular flexibility index (Phi) is 4.25. The Bertz CT molecular complexity index is 731. The van der Waals surface area contributed by atoms with Crippen molar-refractivity contribution in [3.63, 3.8) is 0 Å². The molecule has 24 heavy (non-hydrogen) atoms. The van der Waals surface area contributed by atoms with E-state index in [0.29, 0.717) is 31.8 Å². The van der Waals surface area contributed by atoms with Gasteiger partial charge >= 0.3 is 6.09 Å². The molecule has 130 valence electrons. The van der Waals surface area contributed by atoms with Crippen molar-refractivity contribution in [3.8, 4) is 0 Å². The molecule has 0 unspecified atom stereocenters. The Balaban J connectivity index is 2.01.